The van der Waals surface area contributed by atoms with E-state index in [9.17, 15) is 10.1 Å². The van der Waals surface area contributed by atoms with Crippen LogP contribution < -0.4 is 0 Å². The van der Waals surface area contributed by atoms with Crippen molar-refractivity contribution in [3.8, 4) is 0 Å². The zero-order valence-electron chi connectivity index (χ0n) is 10.3. The van der Waals surface area contributed by atoms with Crippen molar-refractivity contribution >= 4 is 33.8 Å². The molecule has 0 atom stereocenters. The predicted molar refractivity (Wildman–Crippen MR) is 80.9 cm³/mol. The molecule has 0 aliphatic heterocycles. The standard InChI is InChI=1S/C15H12BrNO2/c1-11-6-7-13(15(10-11)17(18)19)9-8-12-4-2-3-5-14(12)16/h2-10H,1H3/b9-8-. The fraction of sp³-hybridized carbons (Fsp3) is 0.0667. The summed E-state index contributed by atoms with van der Waals surface area (Å²) in [6.07, 6.45) is 3.62. The molecule has 0 spiro atoms. The lowest BCUT2D eigenvalue weighted by molar-refractivity contribution is -0.385. The molecule has 0 N–H and O–H groups in total. The summed E-state index contributed by atoms with van der Waals surface area (Å²) in [6, 6.07) is 12.9. The normalized spacial score (nSPS) is 10.8. The minimum Gasteiger partial charge on any atom is -0.258 e. The van der Waals surface area contributed by atoms with Gasteiger partial charge in [0.1, 0.15) is 0 Å². The second-order valence-electron chi connectivity index (χ2n) is 4.17. The summed E-state index contributed by atoms with van der Waals surface area (Å²) >= 11 is 3.44. The van der Waals surface area contributed by atoms with E-state index in [1.165, 1.54) is 0 Å². The maximum absolute atomic E-state index is 11.0. The van der Waals surface area contributed by atoms with Crippen LogP contribution in [0.1, 0.15) is 16.7 Å². The number of benzene rings is 2. The zero-order chi connectivity index (χ0) is 13.8. The van der Waals surface area contributed by atoms with Crippen LogP contribution in [0, 0.1) is 17.0 Å². The number of aryl methyl sites for hydroxylation is 1. The Morgan fingerprint density at radius 3 is 2.47 bits per heavy atom. The highest BCUT2D eigenvalue weighted by Crippen LogP contribution is 2.24. The van der Waals surface area contributed by atoms with E-state index >= 15 is 0 Å². The van der Waals surface area contributed by atoms with Crippen molar-refractivity contribution in [1.29, 1.82) is 0 Å². The van der Waals surface area contributed by atoms with Crippen molar-refractivity contribution in [1.82, 2.24) is 0 Å². The van der Waals surface area contributed by atoms with Crippen molar-refractivity contribution in [3.63, 3.8) is 0 Å². The Labute approximate surface area is 119 Å². The van der Waals surface area contributed by atoms with Gasteiger partial charge < -0.3 is 0 Å². The topological polar surface area (TPSA) is 43.1 Å². The summed E-state index contributed by atoms with van der Waals surface area (Å²) in [5.74, 6) is 0. The van der Waals surface area contributed by atoms with Gasteiger partial charge in [0.2, 0.25) is 0 Å². The number of hydrogen-bond donors (Lipinski definition) is 0. The maximum Gasteiger partial charge on any atom is 0.276 e. The van der Waals surface area contributed by atoms with Gasteiger partial charge in [-0.1, -0.05) is 46.3 Å². The molecule has 0 heterocycles. The third-order valence-corrected chi connectivity index (χ3v) is 3.45. The van der Waals surface area contributed by atoms with Crippen LogP contribution in [-0.2, 0) is 0 Å². The lowest BCUT2D eigenvalue weighted by Gasteiger charge is -2.00. The van der Waals surface area contributed by atoms with E-state index in [-0.39, 0.29) is 10.6 Å². The third-order valence-electron chi connectivity index (χ3n) is 2.73. The first kappa shape index (κ1) is 13.5. The first-order valence-electron chi connectivity index (χ1n) is 5.75. The number of halogens is 1. The van der Waals surface area contributed by atoms with Gasteiger partial charge >= 0.3 is 0 Å². The Hall–Kier alpha value is -1.94. The molecule has 0 bridgehead atoms. The number of hydrogen-bond acceptors (Lipinski definition) is 2. The summed E-state index contributed by atoms with van der Waals surface area (Å²) in [5.41, 5.74) is 2.59. The van der Waals surface area contributed by atoms with E-state index in [1.807, 2.05) is 43.3 Å². The van der Waals surface area contributed by atoms with Crippen molar-refractivity contribution in [2.24, 2.45) is 0 Å². The molecule has 4 heteroatoms. The largest absolute Gasteiger partial charge is 0.276 e. The Kier molecular flexibility index (Phi) is 4.12. The maximum atomic E-state index is 11.0. The summed E-state index contributed by atoms with van der Waals surface area (Å²) in [6.45, 7) is 1.84. The van der Waals surface area contributed by atoms with E-state index in [0.717, 1.165) is 15.6 Å². The van der Waals surface area contributed by atoms with Crippen LogP contribution in [0.5, 0.6) is 0 Å². The SMILES string of the molecule is Cc1ccc(/C=C\c2ccccc2Br)c([N+](=O)[O-])c1. The molecule has 0 amide bonds. The number of nitro groups is 1. The van der Waals surface area contributed by atoms with Crippen LogP contribution in [-0.4, -0.2) is 4.92 Å². The minimum absolute atomic E-state index is 0.128. The van der Waals surface area contributed by atoms with Gasteiger partial charge in [-0.25, -0.2) is 0 Å². The molecule has 2 rings (SSSR count). The molecule has 2 aromatic rings. The molecule has 0 aliphatic carbocycles. The van der Waals surface area contributed by atoms with Gasteiger partial charge in [0.25, 0.3) is 5.69 Å². The molecule has 19 heavy (non-hydrogen) atoms. The molecule has 96 valence electrons. The molecular weight excluding hydrogens is 306 g/mol. The molecule has 0 unspecified atom stereocenters. The molecule has 0 saturated carbocycles. The monoisotopic (exact) mass is 317 g/mol. The van der Waals surface area contributed by atoms with Gasteiger partial charge in [-0.05, 0) is 36.3 Å². The van der Waals surface area contributed by atoms with E-state index < -0.39 is 0 Å². The van der Waals surface area contributed by atoms with E-state index in [2.05, 4.69) is 15.9 Å². The van der Waals surface area contributed by atoms with Gasteiger partial charge in [0.05, 0.1) is 10.5 Å². The lowest BCUT2D eigenvalue weighted by atomic mass is 10.1. The molecule has 0 aliphatic rings. The summed E-state index contributed by atoms with van der Waals surface area (Å²) in [7, 11) is 0. The van der Waals surface area contributed by atoms with Crippen LogP contribution in [0.2, 0.25) is 0 Å². The van der Waals surface area contributed by atoms with Crippen LogP contribution >= 0.6 is 15.9 Å². The second-order valence-corrected chi connectivity index (χ2v) is 5.03. The number of nitrogens with zero attached hydrogens (tertiary/aromatic N) is 1. The highest BCUT2D eigenvalue weighted by atomic mass is 79.9. The molecule has 2 aromatic carbocycles. The van der Waals surface area contributed by atoms with Crippen LogP contribution in [0.15, 0.2) is 46.9 Å². The Balaban J connectivity index is 2.39. The second kappa shape index (κ2) is 5.80. The van der Waals surface area contributed by atoms with Gasteiger partial charge in [-0.2, -0.15) is 0 Å². The summed E-state index contributed by atoms with van der Waals surface area (Å²) in [5, 5.41) is 11.0. The van der Waals surface area contributed by atoms with Crippen molar-refractivity contribution < 1.29 is 4.92 Å². The average molecular weight is 318 g/mol. The highest BCUT2D eigenvalue weighted by molar-refractivity contribution is 9.10. The van der Waals surface area contributed by atoms with Crippen molar-refractivity contribution in [2.45, 2.75) is 6.92 Å². The first-order chi connectivity index (χ1) is 9.08. The van der Waals surface area contributed by atoms with Gasteiger partial charge in [0.15, 0.2) is 0 Å². The fourth-order valence-electron chi connectivity index (χ4n) is 1.74. The third kappa shape index (κ3) is 3.29. The highest BCUT2D eigenvalue weighted by Gasteiger charge is 2.11. The van der Waals surface area contributed by atoms with Gasteiger partial charge in [-0.15, -0.1) is 0 Å². The lowest BCUT2D eigenvalue weighted by Crippen LogP contribution is -1.92. The predicted octanol–water partition coefficient (Wildman–Crippen LogP) is 4.84. The summed E-state index contributed by atoms with van der Waals surface area (Å²) in [4.78, 5) is 10.7. The molecule has 0 fully saturated rings. The van der Waals surface area contributed by atoms with Crippen molar-refractivity contribution in [2.75, 3.05) is 0 Å². The van der Waals surface area contributed by atoms with Crippen LogP contribution in [0.3, 0.4) is 0 Å². The molecule has 0 saturated heterocycles. The molecule has 0 aromatic heterocycles. The smallest absolute Gasteiger partial charge is 0.258 e. The number of nitro benzene ring substituents is 1. The average Bonchev–Trinajstić information content (AvgIpc) is 2.38. The van der Waals surface area contributed by atoms with Crippen molar-refractivity contribution in [3.05, 3.63) is 73.7 Å². The van der Waals surface area contributed by atoms with E-state index in [4.69, 9.17) is 0 Å². The summed E-state index contributed by atoms with van der Waals surface area (Å²) < 4.78 is 0.959. The quantitative estimate of drug-likeness (QED) is 0.462. The first-order valence-corrected chi connectivity index (χ1v) is 6.55. The minimum atomic E-state index is -0.354. The molecular formula is C15H12BrNO2. The van der Waals surface area contributed by atoms with E-state index in [0.29, 0.717) is 5.56 Å². The Morgan fingerprint density at radius 1 is 1.11 bits per heavy atom. The Bertz CT molecular complexity index is 650. The van der Waals surface area contributed by atoms with Gasteiger partial charge in [-0.3, -0.25) is 10.1 Å². The van der Waals surface area contributed by atoms with Gasteiger partial charge in [0, 0.05) is 10.5 Å². The van der Waals surface area contributed by atoms with E-state index in [1.54, 1.807) is 18.2 Å². The van der Waals surface area contributed by atoms with Crippen LogP contribution in [0.4, 0.5) is 5.69 Å². The zero-order valence-corrected chi connectivity index (χ0v) is 11.9. The molecule has 3 nitrogen and oxygen atoms in total. The Morgan fingerprint density at radius 2 is 1.79 bits per heavy atom. The fourth-order valence-corrected chi connectivity index (χ4v) is 2.16. The van der Waals surface area contributed by atoms with Crippen LogP contribution in [0.25, 0.3) is 12.2 Å². The molecule has 0 radical (unpaired) electrons. The number of rotatable bonds is 3.